The van der Waals surface area contributed by atoms with Gasteiger partial charge >= 0.3 is 0 Å². The SMILES string of the molecule is CCCc1nc2c(N)nc3ccc(CCCCCN(C)C(C)(C)C)cc3c2o1. The lowest BCUT2D eigenvalue weighted by molar-refractivity contribution is 0.172. The Balaban J connectivity index is 1.69. The van der Waals surface area contributed by atoms with Gasteiger partial charge in [-0.05, 0) is 77.7 Å². The van der Waals surface area contributed by atoms with E-state index >= 15 is 0 Å². The van der Waals surface area contributed by atoms with Gasteiger partial charge in [-0.1, -0.05) is 19.4 Å². The van der Waals surface area contributed by atoms with Crippen LogP contribution in [0.2, 0.25) is 0 Å². The lowest BCUT2D eigenvalue weighted by Gasteiger charge is -2.31. The maximum atomic E-state index is 6.10. The maximum absolute atomic E-state index is 6.10. The molecule has 0 spiro atoms. The van der Waals surface area contributed by atoms with Crippen molar-refractivity contribution in [2.45, 2.75) is 71.8 Å². The van der Waals surface area contributed by atoms with Gasteiger partial charge in [-0.15, -0.1) is 0 Å². The molecular weight excluding hydrogens is 348 g/mol. The number of nitrogens with two attached hydrogens (primary N) is 1. The lowest BCUT2D eigenvalue weighted by Crippen LogP contribution is -2.38. The van der Waals surface area contributed by atoms with E-state index in [0.717, 1.165) is 48.2 Å². The van der Waals surface area contributed by atoms with Gasteiger partial charge in [0.15, 0.2) is 22.8 Å². The van der Waals surface area contributed by atoms with Crippen molar-refractivity contribution >= 4 is 27.8 Å². The molecule has 0 unspecified atom stereocenters. The van der Waals surface area contributed by atoms with Gasteiger partial charge in [0, 0.05) is 17.3 Å². The summed E-state index contributed by atoms with van der Waals surface area (Å²) in [6.45, 7) is 10.0. The minimum Gasteiger partial charge on any atom is -0.440 e. The molecule has 0 aliphatic heterocycles. The van der Waals surface area contributed by atoms with Crippen molar-refractivity contribution in [3.05, 3.63) is 29.7 Å². The molecule has 0 radical (unpaired) electrons. The van der Waals surface area contributed by atoms with Crippen LogP contribution in [0.5, 0.6) is 0 Å². The normalized spacial score (nSPS) is 12.5. The molecule has 0 saturated heterocycles. The largest absolute Gasteiger partial charge is 0.440 e. The Hall–Kier alpha value is -2.14. The van der Waals surface area contributed by atoms with Crippen LogP contribution < -0.4 is 5.73 Å². The summed E-state index contributed by atoms with van der Waals surface area (Å²) in [7, 11) is 2.21. The molecule has 0 saturated carbocycles. The number of fused-ring (bicyclic) bond motifs is 3. The van der Waals surface area contributed by atoms with Crippen molar-refractivity contribution in [3.63, 3.8) is 0 Å². The number of nitrogen functional groups attached to an aromatic ring is 1. The van der Waals surface area contributed by atoms with Gasteiger partial charge in [0.2, 0.25) is 0 Å². The molecule has 0 atom stereocenters. The Morgan fingerprint density at radius 1 is 1.07 bits per heavy atom. The fourth-order valence-corrected chi connectivity index (χ4v) is 3.43. The first-order chi connectivity index (χ1) is 13.3. The highest BCUT2D eigenvalue weighted by molar-refractivity contribution is 6.05. The van der Waals surface area contributed by atoms with Crippen LogP contribution >= 0.6 is 0 Å². The van der Waals surface area contributed by atoms with Crippen LogP contribution in [0, 0.1) is 0 Å². The quantitative estimate of drug-likeness (QED) is 0.532. The number of hydrogen-bond acceptors (Lipinski definition) is 5. The summed E-state index contributed by atoms with van der Waals surface area (Å²) >= 11 is 0. The van der Waals surface area contributed by atoms with E-state index in [1.807, 2.05) is 0 Å². The smallest absolute Gasteiger partial charge is 0.195 e. The molecule has 5 heteroatoms. The molecule has 0 aliphatic carbocycles. The van der Waals surface area contributed by atoms with Crippen LogP contribution in [0.4, 0.5) is 5.82 Å². The number of anilines is 1. The van der Waals surface area contributed by atoms with Crippen LogP contribution in [-0.4, -0.2) is 34.0 Å². The highest BCUT2D eigenvalue weighted by Crippen LogP contribution is 2.30. The molecule has 5 nitrogen and oxygen atoms in total. The van der Waals surface area contributed by atoms with E-state index in [1.54, 1.807) is 0 Å². The van der Waals surface area contributed by atoms with Crippen LogP contribution in [0.1, 0.15) is 64.8 Å². The zero-order valence-electron chi connectivity index (χ0n) is 18.0. The van der Waals surface area contributed by atoms with Gasteiger partial charge in [0.1, 0.15) is 0 Å². The van der Waals surface area contributed by atoms with Crippen LogP contribution in [0.15, 0.2) is 22.6 Å². The molecular formula is C23H34N4O. The van der Waals surface area contributed by atoms with E-state index < -0.39 is 0 Å². The highest BCUT2D eigenvalue weighted by Gasteiger charge is 2.16. The summed E-state index contributed by atoms with van der Waals surface area (Å²) in [4.78, 5) is 11.5. The summed E-state index contributed by atoms with van der Waals surface area (Å²) in [6.07, 6.45) is 6.53. The molecule has 0 bridgehead atoms. The Morgan fingerprint density at radius 2 is 1.86 bits per heavy atom. The van der Waals surface area contributed by atoms with E-state index in [1.165, 1.54) is 24.8 Å². The van der Waals surface area contributed by atoms with Gasteiger partial charge in [0.05, 0.1) is 5.52 Å². The molecule has 0 amide bonds. The van der Waals surface area contributed by atoms with Gasteiger partial charge in [-0.3, -0.25) is 0 Å². The zero-order chi connectivity index (χ0) is 20.3. The number of aryl methyl sites for hydroxylation is 2. The number of nitrogens with zero attached hydrogens (tertiary/aromatic N) is 3. The third kappa shape index (κ3) is 4.64. The topological polar surface area (TPSA) is 68.2 Å². The van der Waals surface area contributed by atoms with Crippen molar-refractivity contribution in [1.29, 1.82) is 0 Å². The number of pyridine rings is 1. The number of benzene rings is 1. The Bertz CT molecular complexity index is 939. The van der Waals surface area contributed by atoms with Crippen molar-refractivity contribution in [2.75, 3.05) is 19.3 Å². The van der Waals surface area contributed by atoms with Gasteiger partial charge in [-0.25, -0.2) is 9.97 Å². The van der Waals surface area contributed by atoms with E-state index in [9.17, 15) is 0 Å². The molecule has 2 aromatic heterocycles. The molecule has 2 heterocycles. The molecule has 0 fully saturated rings. The van der Waals surface area contributed by atoms with Crippen molar-refractivity contribution < 1.29 is 4.42 Å². The summed E-state index contributed by atoms with van der Waals surface area (Å²) in [5.41, 5.74) is 10.0. The van der Waals surface area contributed by atoms with Crippen molar-refractivity contribution in [3.8, 4) is 0 Å². The number of rotatable bonds is 8. The average molecular weight is 383 g/mol. The molecule has 3 aromatic rings. The number of oxazole rings is 1. The van der Waals surface area contributed by atoms with Crippen LogP contribution in [-0.2, 0) is 12.8 Å². The van der Waals surface area contributed by atoms with Gasteiger partial charge < -0.3 is 15.1 Å². The Labute approximate surface area is 168 Å². The predicted octanol–water partition coefficient (Wildman–Crippen LogP) is 5.35. The second kappa shape index (κ2) is 8.48. The number of hydrogen-bond donors (Lipinski definition) is 1. The molecule has 28 heavy (non-hydrogen) atoms. The lowest BCUT2D eigenvalue weighted by atomic mass is 10.0. The van der Waals surface area contributed by atoms with Crippen molar-refractivity contribution in [1.82, 2.24) is 14.9 Å². The number of unbranched alkanes of at least 4 members (excludes halogenated alkanes) is 2. The first-order valence-electron chi connectivity index (χ1n) is 10.5. The van der Waals surface area contributed by atoms with Gasteiger partial charge in [-0.2, -0.15) is 0 Å². The molecule has 152 valence electrons. The second-order valence-corrected chi connectivity index (χ2v) is 8.79. The van der Waals surface area contributed by atoms with Gasteiger partial charge in [0.25, 0.3) is 0 Å². The predicted molar refractivity (Wildman–Crippen MR) is 118 cm³/mol. The third-order valence-electron chi connectivity index (χ3n) is 5.53. The Kier molecular flexibility index (Phi) is 6.23. The van der Waals surface area contributed by atoms with Crippen molar-refractivity contribution in [2.24, 2.45) is 0 Å². The molecule has 3 rings (SSSR count). The zero-order valence-corrected chi connectivity index (χ0v) is 18.0. The van der Waals surface area contributed by atoms with Crippen LogP contribution in [0.25, 0.3) is 22.0 Å². The molecule has 1 aromatic carbocycles. The fraction of sp³-hybridized carbons (Fsp3) is 0.565. The second-order valence-electron chi connectivity index (χ2n) is 8.79. The minimum absolute atomic E-state index is 0.242. The summed E-state index contributed by atoms with van der Waals surface area (Å²) in [5, 5.41) is 1.02. The fourth-order valence-electron chi connectivity index (χ4n) is 3.43. The van der Waals surface area contributed by atoms with E-state index in [0.29, 0.717) is 11.3 Å². The first kappa shape index (κ1) is 20.6. The first-order valence-corrected chi connectivity index (χ1v) is 10.5. The van der Waals surface area contributed by atoms with E-state index in [4.69, 9.17) is 10.2 Å². The van der Waals surface area contributed by atoms with E-state index in [-0.39, 0.29) is 5.54 Å². The summed E-state index contributed by atoms with van der Waals surface area (Å²) in [6, 6.07) is 6.41. The maximum Gasteiger partial charge on any atom is 0.195 e. The summed E-state index contributed by atoms with van der Waals surface area (Å²) < 4.78 is 6.02. The number of aromatic nitrogens is 2. The molecule has 0 aliphatic rings. The summed E-state index contributed by atoms with van der Waals surface area (Å²) in [5.74, 6) is 1.19. The van der Waals surface area contributed by atoms with E-state index in [2.05, 4.69) is 67.8 Å². The van der Waals surface area contributed by atoms with Crippen LogP contribution in [0.3, 0.4) is 0 Å². The highest BCUT2D eigenvalue weighted by atomic mass is 16.3. The monoisotopic (exact) mass is 382 g/mol. The standard InChI is InChI=1S/C23H34N4O/c1-6-10-19-26-20-21(28-19)17-15-16(12-13-18(17)25-22(20)24)11-8-7-9-14-27(5)23(2,3)4/h12-13,15H,6-11,14H2,1-5H3,(H2,24,25). The minimum atomic E-state index is 0.242. The average Bonchev–Trinajstić information content (AvgIpc) is 3.06. The third-order valence-corrected chi connectivity index (χ3v) is 5.53. The Morgan fingerprint density at radius 3 is 2.57 bits per heavy atom. The molecule has 2 N–H and O–H groups in total.